The van der Waals surface area contributed by atoms with Crippen LogP contribution in [0.2, 0.25) is 0 Å². The Morgan fingerprint density at radius 1 is 1.44 bits per heavy atom. The number of alkyl carbamates (subject to hydrolysis) is 1. The number of amides is 1. The van der Waals surface area contributed by atoms with E-state index in [1.807, 2.05) is 20.8 Å². The molecule has 0 aliphatic heterocycles. The van der Waals surface area contributed by atoms with Gasteiger partial charge in [0.2, 0.25) is 0 Å². The fourth-order valence-corrected chi connectivity index (χ4v) is 1.90. The molecule has 16 heavy (non-hydrogen) atoms. The molecule has 1 N–H and O–H groups in total. The standard InChI is InChI=1S/C12H21NO3/c1-11(2,3)16-10(15)13-12(6-4-7-12)8-5-9-14/h9H,4-8H2,1-3H3,(H,13,15). The molecule has 1 aliphatic carbocycles. The minimum Gasteiger partial charge on any atom is -0.444 e. The highest BCUT2D eigenvalue weighted by atomic mass is 16.6. The van der Waals surface area contributed by atoms with E-state index in [1.54, 1.807) is 0 Å². The van der Waals surface area contributed by atoms with Crippen molar-refractivity contribution >= 4 is 12.4 Å². The van der Waals surface area contributed by atoms with Gasteiger partial charge in [-0.25, -0.2) is 4.79 Å². The van der Waals surface area contributed by atoms with E-state index in [4.69, 9.17) is 4.74 Å². The maximum atomic E-state index is 11.6. The van der Waals surface area contributed by atoms with Crippen molar-refractivity contribution in [1.29, 1.82) is 0 Å². The van der Waals surface area contributed by atoms with Crippen molar-refractivity contribution in [3.8, 4) is 0 Å². The van der Waals surface area contributed by atoms with Gasteiger partial charge >= 0.3 is 6.09 Å². The molecular formula is C12H21NO3. The number of carbonyl (C=O) groups is 2. The number of carbonyl (C=O) groups excluding carboxylic acids is 2. The van der Waals surface area contributed by atoms with Crippen molar-refractivity contribution < 1.29 is 14.3 Å². The summed E-state index contributed by atoms with van der Waals surface area (Å²) < 4.78 is 5.21. The second-order valence-electron chi connectivity index (χ2n) is 5.47. The van der Waals surface area contributed by atoms with Crippen molar-refractivity contribution in [2.24, 2.45) is 0 Å². The number of hydrogen-bond donors (Lipinski definition) is 1. The molecule has 1 saturated carbocycles. The molecule has 4 heteroatoms. The van der Waals surface area contributed by atoms with Gasteiger partial charge in [0.05, 0.1) is 0 Å². The van der Waals surface area contributed by atoms with Crippen LogP contribution in [0.4, 0.5) is 4.79 Å². The molecule has 0 unspecified atom stereocenters. The number of nitrogens with one attached hydrogen (secondary N) is 1. The van der Waals surface area contributed by atoms with E-state index in [9.17, 15) is 9.59 Å². The number of hydrogen-bond acceptors (Lipinski definition) is 3. The zero-order valence-electron chi connectivity index (χ0n) is 10.3. The summed E-state index contributed by atoms with van der Waals surface area (Å²) in [5, 5.41) is 2.90. The normalized spacial score (nSPS) is 18.4. The third kappa shape index (κ3) is 3.83. The fourth-order valence-electron chi connectivity index (χ4n) is 1.90. The largest absolute Gasteiger partial charge is 0.444 e. The maximum absolute atomic E-state index is 11.6. The third-order valence-corrected chi connectivity index (χ3v) is 2.82. The van der Waals surface area contributed by atoms with Crippen molar-refractivity contribution in [3.05, 3.63) is 0 Å². The summed E-state index contributed by atoms with van der Waals surface area (Å²) in [5.41, 5.74) is -0.664. The van der Waals surface area contributed by atoms with Crippen LogP contribution in [-0.2, 0) is 9.53 Å². The SMILES string of the molecule is CC(C)(C)OC(=O)NC1(CCC=O)CCC1. The lowest BCUT2D eigenvalue weighted by atomic mass is 9.74. The first-order valence-electron chi connectivity index (χ1n) is 5.82. The Kier molecular flexibility index (Phi) is 3.94. The Morgan fingerprint density at radius 3 is 2.44 bits per heavy atom. The molecule has 92 valence electrons. The van der Waals surface area contributed by atoms with Gasteiger partial charge in [-0.3, -0.25) is 0 Å². The van der Waals surface area contributed by atoms with Crippen LogP contribution in [0, 0.1) is 0 Å². The topological polar surface area (TPSA) is 55.4 Å². The summed E-state index contributed by atoms with van der Waals surface area (Å²) in [5.74, 6) is 0. The van der Waals surface area contributed by atoms with Crippen LogP contribution in [-0.4, -0.2) is 23.5 Å². The maximum Gasteiger partial charge on any atom is 0.408 e. The van der Waals surface area contributed by atoms with Crippen molar-refractivity contribution in [3.63, 3.8) is 0 Å². The molecule has 0 spiro atoms. The van der Waals surface area contributed by atoms with Gasteiger partial charge < -0.3 is 14.8 Å². The van der Waals surface area contributed by atoms with Gasteiger partial charge in [-0.15, -0.1) is 0 Å². The quantitative estimate of drug-likeness (QED) is 0.750. The molecule has 0 saturated heterocycles. The van der Waals surface area contributed by atoms with Crippen LogP contribution in [0.25, 0.3) is 0 Å². The number of aldehydes is 1. The molecule has 4 nitrogen and oxygen atoms in total. The van der Waals surface area contributed by atoms with Crippen LogP contribution in [0.3, 0.4) is 0 Å². The summed E-state index contributed by atoms with van der Waals surface area (Å²) >= 11 is 0. The zero-order valence-corrected chi connectivity index (χ0v) is 10.3. The molecule has 0 bridgehead atoms. The molecule has 0 heterocycles. The van der Waals surface area contributed by atoms with Gasteiger partial charge in [0, 0.05) is 12.0 Å². The highest BCUT2D eigenvalue weighted by Crippen LogP contribution is 2.35. The van der Waals surface area contributed by atoms with Crippen LogP contribution >= 0.6 is 0 Å². The summed E-state index contributed by atoms with van der Waals surface area (Å²) in [4.78, 5) is 22.0. The van der Waals surface area contributed by atoms with Crippen LogP contribution in [0.5, 0.6) is 0 Å². The molecule has 1 fully saturated rings. The van der Waals surface area contributed by atoms with Crippen molar-refractivity contribution in [2.45, 2.75) is 64.0 Å². The minimum atomic E-state index is -0.473. The predicted molar refractivity (Wildman–Crippen MR) is 61.2 cm³/mol. The molecule has 0 aromatic heterocycles. The van der Waals surface area contributed by atoms with E-state index >= 15 is 0 Å². The highest BCUT2D eigenvalue weighted by Gasteiger charge is 2.38. The Bertz CT molecular complexity index is 264. The fraction of sp³-hybridized carbons (Fsp3) is 0.833. The molecule has 0 atom stereocenters. The summed E-state index contributed by atoms with van der Waals surface area (Å²) in [6, 6.07) is 0. The minimum absolute atomic E-state index is 0.191. The van der Waals surface area contributed by atoms with Gasteiger partial charge in [-0.2, -0.15) is 0 Å². The summed E-state index contributed by atoms with van der Waals surface area (Å²) in [6.07, 6.45) is 4.73. The lowest BCUT2D eigenvalue weighted by Gasteiger charge is -2.42. The highest BCUT2D eigenvalue weighted by molar-refractivity contribution is 5.69. The van der Waals surface area contributed by atoms with Gasteiger partial charge in [0.1, 0.15) is 11.9 Å². The second-order valence-corrected chi connectivity index (χ2v) is 5.47. The van der Waals surface area contributed by atoms with Gasteiger partial charge in [0.25, 0.3) is 0 Å². The van der Waals surface area contributed by atoms with E-state index < -0.39 is 5.60 Å². The van der Waals surface area contributed by atoms with E-state index in [-0.39, 0.29) is 11.6 Å². The Morgan fingerprint density at radius 2 is 2.06 bits per heavy atom. The molecular weight excluding hydrogens is 206 g/mol. The van der Waals surface area contributed by atoms with Crippen LogP contribution in [0.1, 0.15) is 52.9 Å². The Labute approximate surface area is 96.7 Å². The smallest absolute Gasteiger partial charge is 0.408 e. The average molecular weight is 227 g/mol. The first kappa shape index (κ1) is 13.0. The Balaban J connectivity index is 2.44. The van der Waals surface area contributed by atoms with Crippen molar-refractivity contribution in [1.82, 2.24) is 5.32 Å². The number of rotatable bonds is 4. The monoisotopic (exact) mass is 227 g/mol. The van der Waals surface area contributed by atoms with Crippen LogP contribution < -0.4 is 5.32 Å². The van der Waals surface area contributed by atoms with E-state index in [1.165, 1.54) is 0 Å². The lowest BCUT2D eigenvalue weighted by molar-refractivity contribution is -0.108. The molecule has 1 aliphatic rings. The predicted octanol–water partition coefficient (Wildman–Crippen LogP) is 2.41. The first-order chi connectivity index (χ1) is 7.37. The average Bonchev–Trinajstić information content (AvgIpc) is 2.06. The molecule has 1 rings (SSSR count). The van der Waals surface area contributed by atoms with E-state index in [0.29, 0.717) is 6.42 Å². The third-order valence-electron chi connectivity index (χ3n) is 2.82. The van der Waals surface area contributed by atoms with Gasteiger partial charge in [-0.1, -0.05) is 0 Å². The molecule has 0 aromatic carbocycles. The first-order valence-corrected chi connectivity index (χ1v) is 5.82. The molecule has 1 amide bonds. The second kappa shape index (κ2) is 4.85. The summed E-state index contributed by atoms with van der Waals surface area (Å²) in [6.45, 7) is 5.52. The zero-order chi connectivity index (χ0) is 12.2. The Hall–Kier alpha value is -1.06. The van der Waals surface area contributed by atoms with Gasteiger partial charge in [-0.05, 0) is 46.5 Å². The van der Waals surface area contributed by atoms with E-state index in [2.05, 4.69) is 5.32 Å². The lowest BCUT2D eigenvalue weighted by Crippen LogP contribution is -2.54. The number of ether oxygens (including phenoxy) is 1. The van der Waals surface area contributed by atoms with E-state index in [0.717, 1.165) is 32.0 Å². The molecule has 0 aromatic rings. The van der Waals surface area contributed by atoms with Crippen LogP contribution in [0.15, 0.2) is 0 Å². The van der Waals surface area contributed by atoms with Gasteiger partial charge in [0.15, 0.2) is 0 Å². The van der Waals surface area contributed by atoms with Crippen molar-refractivity contribution in [2.75, 3.05) is 0 Å². The summed E-state index contributed by atoms with van der Waals surface area (Å²) in [7, 11) is 0. The molecule has 0 radical (unpaired) electrons.